The second kappa shape index (κ2) is 3.69. The normalized spacial score (nSPS) is 11.5. The van der Waals surface area contributed by atoms with E-state index in [1.54, 1.807) is 0 Å². The summed E-state index contributed by atoms with van der Waals surface area (Å²) in [6.07, 6.45) is -5.07. The van der Waals surface area contributed by atoms with Crippen LogP contribution in [0.2, 0.25) is 5.02 Å². The maximum atomic E-state index is 12.9. The van der Waals surface area contributed by atoms with Crippen molar-refractivity contribution in [1.29, 1.82) is 0 Å². The molecule has 0 bridgehead atoms. The van der Waals surface area contributed by atoms with E-state index < -0.39 is 34.1 Å². The predicted molar refractivity (Wildman–Crippen MR) is 43.4 cm³/mol. The van der Waals surface area contributed by atoms with Gasteiger partial charge in [-0.3, -0.25) is 0 Å². The summed E-state index contributed by atoms with van der Waals surface area (Å²) < 4.78 is 49.7. The number of rotatable bonds is 1. The summed E-state index contributed by atoms with van der Waals surface area (Å²) in [5.74, 6) is -3.59. The summed E-state index contributed by atoms with van der Waals surface area (Å²) in [7, 11) is 0. The first-order chi connectivity index (χ1) is 6.73. The lowest BCUT2D eigenvalue weighted by Crippen LogP contribution is -2.15. The van der Waals surface area contributed by atoms with Gasteiger partial charge in [-0.1, -0.05) is 11.6 Å². The van der Waals surface area contributed by atoms with Gasteiger partial charge < -0.3 is 5.11 Å². The Hall–Kier alpha value is -1.30. The van der Waals surface area contributed by atoms with E-state index in [1.807, 2.05) is 0 Å². The molecule has 82 valence electrons. The van der Waals surface area contributed by atoms with Gasteiger partial charge in [-0.15, -0.1) is 0 Å². The molecule has 0 aliphatic heterocycles. The quantitative estimate of drug-likeness (QED) is 0.768. The summed E-state index contributed by atoms with van der Waals surface area (Å²) in [4.78, 5) is 10.4. The molecule has 1 aromatic rings. The van der Waals surface area contributed by atoms with Gasteiger partial charge in [0.1, 0.15) is 11.4 Å². The van der Waals surface area contributed by atoms with Crippen LogP contribution in [0.4, 0.5) is 17.6 Å². The molecule has 0 saturated carbocycles. The predicted octanol–water partition coefficient (Wildman–Crippen LogP) is 3.20. The van der Waals surface area contributed by atoms with Crippen LogP contribution < -0.4 is 0 Å². The zero-order valence-electron chi connectivity index (χ0n) is 6.90. The van der Waals surface area contributed by atoms with Crippen molar-refractivity contribution in [3.8, 4) is 0 Å². The summed E-state index contributed by atoms with van der Waals surface area (Å²) in [6.45, 7) is 0. The lowest BCUT2D eigenvalue weighted by Gasteiger charge is -2.11. The SMILES string of the molecule is O=C(O)c1cc(Cl)cc(F)c1C(F)(F)F. The van der Waals surface area contributed by atoms with Crippen molar-refractivity contribution < 1.29 is 27.5 Å². The molecule has 0 saturated heterocycles. The highest BCUT2D eigenvalue weighted by atomic mass is 35.5. The number of halogens is 5. The second-order valence-electron chi connectivity index (χ2n) is 2.61. The minimum atomic E-state index is -5.07. The summed E-state index contributed by atoms with van der Waals surface area (Å²) in [6, 6.07) is 0.965. The van der Waals surface area contributed by atoms with Crippen molar-refractivity contribution in [3.05, 3.63) is 34.1 Å². The Morgan fingerprint density at radius 1 is 1.33 bits per heavy atom. The molecule has 0 radical (unpaired) electrons. The van der Waals surface area contributed by atoms with E-state index in [0.717, 1.165) is 0 Å². The molecule has 1 aromatic carbocycles. The lowest BCUT2D eigenvalue weighted by molar-refractivity contribution is -0.140. The van der Waals surface area contributed by atoms with Crippen LogP contribution in [0.15, 0.2) is 12.1 Å². The third-order valence-corrected chi connectivity index (χ3v) is 1.79. The summed E-state index contributed by atoms with van der Waals surface area (Å²) in [5.41, 5.74) is -3.02. The Kier molecular flexibility index (Phi) is 2.90. The van der Waals surface area contributed by atoms with Crippen molar-refractivity contribution in [2.75, 3.05) is 0 Å². The number of carboxylic acids is 1. The van der Waals surface area contributed by atoms with Gasteiger partial charge in [-0.2, -0.15) is 13.2 Å². The van der Waals surface area contributed by atoms with Crippen LogP contribution in [0.5, 0.6) is 0 Å². The number of benzene rings is 1. The smallest absolute Gasteiger partial charge is 0.420 e. The molecule has 0 aliphatic carbocycles. The zero-order valence-corrected chi connectivity index (χ0v) is 7.66. The molecular formula is C8H3ClF4O2. The minimum Gasteiger partial charge on any atom is -0.478 e. The van der Waals surface area contributed by atoms with E-state index in [2.05, 4.69) is 0 Å². The van der Waals surface area contributed by atoms with E-state index in [-0.39, 0.29) is 0 Å². The Morgan fingerprint density at radius 3 is 2.27 bits per heavy atom. The zero-order chi connectivity index (χ0) is 11.8. The minimum absolute atomic E-state index is 0.405. The molecule has 0 fully saturated rings. The van der Waals surface area contributed by atoms with Gasteiger partial charge in [-0.05, 0) is 12.1 Å². The average molecular weight is 243 g/mol. The molecule has 0 aliphatic rings. The fourth-order valence-corrected chi connectivity index (χ4v) is 1.24. The standard InChI is InChI=1S/C8H3ClF4O2/c9-3-1-4(7(14)15)6(5(10)2-3)8(11,12)13/h1-2H,(H,14,15). The molecular weight excluding hydrogens is 240 g/mol. The number of alkyl halides is 3. The molecule has 0 amide bonds. The van der Waals surface area contributed by atoms with Gasteiger partial charge in [0.25, 0.3) is 0 Å². The Morgan fingerprint density at radius 2 is 1.87 bits per heavy atom. The molecule has 0 spiro atoms. The second-order valence-corrected chi connectivity index (χ2v) is 3.05. The fraction of sp³-hybridized carbons (Fsp3) is 0.125. The van der Waals surface area contributed by atoms with E-state index >= 15 is 0 Å². The Labute approximate surface area is 86.1 Å². The van der Waals surface area contributed by atoms with Crippen LogP contribution in [0.25, 0.3) is 0 Å². The molecule has 2 nitrogen and oxygen atoms in total. The van der Waals surface area contributed by atoms with Gasteiger partial charge in [0, 0.05) is 5.02 Å². The molecule has 0 unspecified atom stereocenters. The monoisotopic (exact) mass is 242 g/mol. The highest BCUT2D eigenvalue weighted by Gasteiger charge is 2.39. The Bertz CT molecular complexity index is 414. The number of hydrogen-bond acceptors (Lipinski definition) is 1. The highest BCUT2D eigenvalue weighted by molar-refractivity contribution is 6.31. The maximum absolute atomic E-state index is 12.9. The summed E-state index contributed by atoms with van der Waals surface area (Å²) in [5, 5.41) is 8.05. The van der Waals surface area contributed by atoms with Crippen LogP contribution >= 0.6 is 11.6 Å². The van der Waals surface area contributed by atoms with Crippen LogP contribution in [0, 0.1) is 5.82 Å². The van der Waals surface area contributed by atoms with Gasteiger partial charge in [0.05, 0.1) is 5.56 Å². The average Bonchev–Trinajstić information content (AvgIpc) is 1.99. The van der Waals surface area contributed by atoms with Crippen molar-refractivity contribution in [2.24, 2.45) is 0 Å². The van der Waals surface area contributed by atoms with Crippen molar-refractivity contribution in [1.82, 2.24) is 0 Å². The first kappa shape index (κ1) is 11.8. The van der Waals surface area contributed by atoms with Gasteiger partial charge in [-0.25, -0.2) is 9.18 Å². The van der Waals surface area contributed by atoms with E-state index in [1.165, 1.54) is 0 Å². The van der Waals surface area contributed by atoms with Crippen LogP contribution in [0.1, 0.15) is 15.9 Å². The molecule has 1 N–H and O–H groups in total. The number of aromatic carboxylic acids is 1. The third-order valence-electron chi connectivity index (χ3n) is 1.57. The third kappa shape index (κ3) is 2.38. The fourth-order valence-electron chi connectivity index (χ4n) is 1.03. The molecule has 0 atom stereocenters. The molecule has 15 heavy (non-hydrogen) atoms. The summed E-state index contributed by atoms with van der Waals surface area (Å²) >= 11 is 5.25. The van der Waals surface area contributed by atoms with Crippen LogP contribution in [0.3, 0.4) is 0 Å². The highest BCUT2D eigenvalue weighted by Crippen LogP contribution is 2.35. The molecule has 0 heterocycles. The van der Waals surface area contributed by atoms with Crippen molar-refractivity contribution in [2.45, 2.75) is 6.18 Å². The molecule has 0 aromatic heterocycles. The van der Waals surface area contributed by atoms with Gasteiger partial charge >= 0.3 is 12.1 Å². The number of carboxylic acid groups (broad SMARTS) is 1. The lowest BCUT2D eigenvalue weighted by atomic mass is 10.1. The van der Waals surface area contributed by atoms with Crippen molar-refractivity contribution >= 4 is 17.6 Å². The number of hydrogen-bond donors (Lipinski definition) is 1. The largest absolute Gasteiger partial charge is 0.478 e. The number of carbonyl (C=O) groups is 1. The van der Waals surface area contributed by atoms with Crippen LogP contribution in [-0.4, -0.2) is 11.1 Å². The first-order valence-electron chi connectivity index (χ1n) is 3.53. The first-order valence-corrected chi connectivity index (χ1v) is 3.91. The van der Waals surface area contributed by atoms with Crippen molar-refractivity contribution in [3.63, 3.8) is 0 Å². The Balaban J connectivity index is 3.55. The molecule has 7 heteroatoms. The van der Waals surface area contributed by atoms with E-state index in [9.17, 15) is 22.4 Å². The van der Waals surface area contributed by atoms with Crippen LogP contribution in [-0.2, 0) is 6.18 Å². The molecule has 1 rings (SSSR count). The van der Waals surface area contributed by atoms with Gasteiger partial charge in [0.2, 0.25) is 0 Å². The van der Waals surface area contributed by atoms with Gasteiger partial charge in [0.15, 0.2) is 0 Å². The van der Waals surface area contributed by atoms with E-state index in [4.69, 9.17) is 16.7 Å². The van der Waals surface area contributed by atoms with E-state index in [0.29, 0.717) is 12.1 Å². The maximum Gasteiger partial charge on any atom is 0.420 e. The topological polar surface area (TPSA) is 37.3 Å².